The molecule has 2 aliphatic rings. The van der Waals surface area contributed by atoms with Crippen molar-refractivity contribution in [1.29, 1.82) is 0 Å². The molecular formula is C31H47FN2O6. The highest BCUT2D eigenvalue weighted by Crippen LogP contribution is 2.40. The summed E-state index contributed by atoms with van der Waals surface area (Å²) in [5.74, 6) is -1.33. The maximum Gasteiger partial charge on any atom is 0.312 e. The van der Waals surface area contributed by atoms with Crippen LogP contribution in [0.25, 0.3) is 0 Å². The lowest BCUT2D eigenvalue weighted by Gasteiger charge is -2.37. The van der Waals surface area contributed by atoms with Crippen LogP contribution in [0.5, 0.6) is 11.5 Å². The molecule has 40 heavy (non-hydrogen) atoms. The predicted octanol–water partition coefficient (Wildman–Crippen LogP) is 5.56. The van der Waals surface area contributed by atoms with Gasteiger partial charge in [-0.05, 0) is 85.1 Å². The fourth-order valence-electron chi connectivity index (χ4n) is 5.29. The molecule has 0 heterocycles. The topological polar surface area (TPSA) is 103 Å². The lowest BCUT2D eigenvalue weighted by molar-refractivity contribution is -0.169. The Hall–Kier alpha value is -2.84. The fourth-order valence-corrected chi connectivity index (χ4v) is 5.29. The number of esters is 1. The van der Waals surface area contributed by atoms with Gasteiger partial charge in [-0.15, -0.1) is 0 Å². The predicted molar refractivity (Wildman–Crippen MR) is 151 cm³/mol. The zero-order valence-corrected chi connectivity index (χ0v) is 25.3. The van der Waals surface area contributed by atoms with E-state index < -0.39 is 22.7 Å². The third-order valence-electron chi connectivity index (χ3n) is 8.26. The van der Waals surface area contributed by atoms with Crippen LogP contribution in [-0.2, 0) is 14.3 Å². The van der Waals surface area contributed by atoms with Crippen molar-refractivity contribution >= 4 is 17.8 Å². The van der Waals surface area contributed by atoms with Crippen molar-refractivity contribution in [3.63, 3.8) is 0 Å². The van der Waals surface area contributed by atoms with E-state index in [1.54, 1.807) is 0 Å². The first-order chi connectivity index (χ1) is 18.6. The van der Waals surface area contributed by atoms with Crippen molar-refractivity contribution in [3.05, 3.63) is 23.5 Å². The molecule has 0 aromatic heterocycles. The van der Waals surface area contributed by atoms with Gasteiger partial charge in [-0.25, -0.2) is 4.39 Å². The van der Waals surface area contributed by atoms with E-state index in [2.05, 4.69) is 10.6 Å². The second-order valence-corrected chi connectivity index (χ2v) is 13.0. The number of hydrogen-bond donors (Lipinski definition) is 2. The Kier molecular flexibility index (Phi) is 10.1. The molecule has 0 spiro atoms. The van der Waals surface area contributed by atoms with Crippen molar-refractivity contribution < 1.29 is 33.0 Å². The molecule has 224 valence electrons. The number of ether oxygens (including phenoxy) is 3. The number of amides is 2. The van der Waals surface area contributed by atoms with Crippen LogP contribution in [-0.4, -0.2) is 48.7 Å². The van der Waals surface area contributed by atoms with E-state index in [-0.39, 0.29) is 53.0 Å². The monoisotopic (exact) mass is 562 g/mol. The molecule has 8 nitrogen and oxygen atoms in total. The van der Waals surface area contributed by atoms with Gasteiger partial charge in [-0.2, -0.15) is 0 Å². The molecule has 2 fully saturated rings. The van der Waals surface area contributed by atoms with Crippen LogP contribution >= 0.6 is 0 Å². The van der Waals surface area contributed by atoms with E-state index >= 15 is 0 Å². The third kappa shape index (κ3) is 7.88. The molecule has 2 N–H and O–H groups in total. The molecule has 1 aromatic carbocycles. The summed E-state index contributed by atoms with van der Waals surface area (Å²) in [5.41, 5.74) is -1.03. The number of methoxy groups -OCH3 is 1. The summed E-state index contributed by atoms with van der Waals surface area (Å²) in [7, 11) is 1.38. The molecule has 0 aliphatic heterocycles. The van der Waals surface area contributed by atoms with Gasteiger partial charge in [0, 0.05) is 18.2 Å². The number of carbonyl (C=O) groups is 3. The first-order valence-electron chi connectivity index (χ1n) is 14.5. The van der Waals surface area contributed by atoms with Crippen LogP contribution in [0.4, 0.5) is 4.39 Å². The molecule has 2 aliphatic carbocycles. The molecule has 2 saturated carbocycles. The number of benzene rings is 1. The second-order valence-electron chi connectivity index (χ2n) is 13.0. The van der Waals surface area contributed by atoms with Crippen LogP contribution in [0.2, 0.25) is 0 Å². The van der Waals surface area contributed by atoms with E-state index in [1.165, 1.54) is 13.2 Å². The molecule has 9 heteroatoms. The van der Waals surface area contributed by atoms with Crippen molar-refractivity contribution in [2.45, 2.75) is 117 Å². The average Bonchev–Trinajstić information content (AvgIpc) is 3.33. The van der Waals surface area contributed by atoms with Gasteiger partial charge in [0.2, 0.25) is 5.91 Å². The maximum absolute atomic E-state index is 15.0. The Morgan fingerprint density at radius 1 is 1.02 bits per heavy atom. The van der Waals surface area contributed by atoms with Gasteiger partial charge in [-0.3, -0.25) is 14.4 Å². The maximum atomic E-state index is 15.0. The number of halogens is 1. The highest BCUT2D eigenvalue weighted by atomic mass is 19.1. The van der Waals surface area contributed by atoms with Crippen LogP contribution in [0.15, 0.2) is 12.1 Å². The normalized spacial score (nSPS) is 25.7. The third-order valence-corrected chi connectivity index (χ3v) is 8.26. The standard InChI is InChI=1S/C31H47FN2O6/c1-18(2)19(3)33-27(35)21-10-9-11-24(21)34-28(36)22-16-26(23(32)17-25(22)38-8)39-20-12-14-31(7,15-13-20)29(37)40-30(4,5)6/h16-21,24H,9-15H2,1-8H3,(H,33,35)(H,34,36)/t19-,20-,21-,24+,31+/m0/s1. The van der Waals surface area contributed by atoms with Crippen LogP contribution in [0.1, 0.15) is 104 Å². The van der Waals surface area contributed by atoms with E-state index in [0.717, 1.165) is 12.5 Å². The molecule has 0 saturated heterocycles. The molecule has 0 unspecified atom stereocenters. The largest absolute Gasteiger partial charge is 0.496 e. The average molecular weight is 563 g/mol. The number of rotatable bonds is 9. The Labute approximate surface area is 238 Å². The Bertz CT molecular complexity index is 1070. The quantitative estimate of drug-likeness (QED) is 0.382. The summed E-state index contributed by atoms with van der Waals surface area (Å²) in [5, 5.41) is 6.05. The highest BCUT2D eigenvalue weighted by Gasteiger charge is 2.41. The van der Waals surface area contributed by atoms with Gasteiger partial charge in [0.25, 0.3) is 5.91 Å². The number of hydrogen-bond acceptors (Lipinski definition) is 6. The molecular weight excluding hydrogens is 515 g/mol. The van der Waals surface area contributed by atoms with Gasteiger partial charge in [0.1, 0.15) is 11.4 Å². The summed E-state index contributed by atoms with van der Waals surface area (Å²) < 4.78 is 31.9. The zero-order valence-electron chi connectivity index (χ0n) is 25.3. The summed E-state index contributed by atoms with van der Waals surface area (Å²) in [4.78, 5) is 39.0. The smallest absolute Gasteiger partial charge is 0.312 e. The van der Waals surface area contributed by atoms with Crippen LogP contribution in [0.3, 0.4) is 0 Å². The van der Waals surface area contributed by atoms with Crippen LogP contribution in [0, 0.1) is 23.1 Å². The Morgan fingerprint density at radius 2 is 1.68 bits per heavy atom. The molecule has 0 radical (unpaired) electrons. The molecule has 3 atom stereocenters. The zero-order chi connectivity index (χ0) is 29.8. The van der Waals surface area contributed by atoms with Gasteiger partial charge in [-0.1, -0.05) is 20.3 Å². The van der Waals surface area contributed by atoms with E-state index in [1.807, 2.05) is 48.5 Å². The minimum atomic E-state index is -0.630. The second kappa shape index (κ2) is 12.8. The Morgan fingerprint density at radius 3 is 2.25 bits per heavy atom. The van der Waals surface area contributed by atoms with Gasteiger partial charge < -0.3 is 24.8 Å². The first-order valence-corrected chi connectivity index (χ1v) is 14.5. The van der Waals surface area contributed by atoms with Crippen molar-refractivity contribution in [2.24, 2.45) is 17.3 Å². The summed E-state index contributed by atoms with van der Waals surface area (Å²) in [6, 6.07) is 2.23. The van der Waals surface area contributed by atoms with Gasteiger partial charge >= 0.3 is 5.97 Å². The summed E-state index contributed by atoms with van der Waals surface area (Å²) in [6.07, 6.45) is 4.12. The van der Waals surface area contributed by atoms with Gasteiger partial charge in [0.05, 0.1) is 30.1 Å². The van der Waals surface area contributed by atoms with Gasteiger partial charge in [0.15, 0.2) is 11.6 Å². The summed E-state index contributed by atoms with van der Waals surface area (Å²) >= 11 is 0. The number of carbonyl (C=O) groups excluding carboxylic acids is 3. The SMILES string of the molecule is COc1cc(F)c(O[C@H]2CC[C@@](C)(C(=O)OC(C)(C)C)CC2)cc1C(=O)N[C@@H]1CCC[C@@H]1C(=O)N[C@@H](C)C(C)C. The molecule has 3 rings (SSSR count). The van der Waals surface area contributed by atoms with Crippen molar-refractivity contribution in [3.8, 4) is 11.5 Å². The lowest BCUT2D eigenvalue weighted by Crippen LogP contribution is -2.47. The van der Waals surface area contributed by atoms with E-state index in [4.69, 9.17) is 14.2 Å². The highest BCUT2D eigenvalue weighted by molar-refractivity contribution is 5.98. The Balaban J connectivity index is 1.68. The minimum Gasteiger partial charge on any atom is -0.496 e. The minimum absolute atomic E-state index is 0.0307. The van der Waals surface area contributed by atoms with E-state index in [9.17, 15) is 18.8 Å². The molecule has 2 amide bonds. The molecule has 0 bridgehead atoms. The van der Waals surface area contributed by atoms with Crippen molar-refractivity contribution in [2.75, 3.05) is 7.11 Å². The van der Waals surface area contributed by atoms with Crippen molar-refractivity contribution in [1.82, 2.24) is 10.6 Å². The fraction of sp³-hybridized carbons (Fsp3) is 0.710. The summed E-state index contributed by atoms with van der Waals surface area (Å²) in [6.45, 7) is 13.5. The molecule has 1 aromatic rings. The van der Waals surface area contributed by atoms with E-state index in [0.29, 0.717) is 44.4 Å². The lowest BCUT2D eigenvalue weighted by atomic mass is 9.74. The number of nitrogens with one attached hydrogen (secondary N) is 2. The van der Waals surface area contributed by atoms with Crippen LogP contribution < -0.4 is 20.1 Å². The first kappa shape index (κ1) is 31.7.